The van der Waals surface area contributed by atoms with Crippen LogP contribution in [0.1, 0.15) is 31.3 Å². The largest absolute Gasteiger partial charge is 0.294 e. The minimum absolute atomic E-state index is 0.510. The number of aromatic nitrogens is 2. The monoisotopic (exact) mass is 223 g/mol. The Hall–Kier alpha value is -1.03. The van der Waals surface area contributed by atoms with Crippen molar-refractivity contribution in [3.8, 4) is 0 Å². The first-order valence-electron chi connectivity index (χ1n) is 5.75. The number of likely N-dealkylation sites (tertiary alicyclic amines) is 1. The second-order valence-corrected chi connectivity index (χ2v) is 4.82. The highest BCUT2D eigenvalue weighted by atomic mass is 19.1. The van der Waals surface area contributed by atoms with Gasteiger partial charge in [0.2, 0.25) is 0 Å². The predicted molar refractivity (Wildman–Crippen MR) is 60.8 cm³/mol. The van der Waals surface area contributed by atoms with Gasteiger partial charge in [-0.05, 0) is 39.3 Å². The maximum absolute atomic E-state index is 13.8. The predicted octanol–water partition coefficient (Wildman–Crippen LogP) is 2.11. The summed E-state index contributed by atoms with van der Waals surface area (Å²) in [5.74, 6) is 0.775. The number of rotatable bonds is 2. The molecule has 0 bridgehead atoms. The number of aryl methyl sites for hydroxylation is 1. The zero-order chi connectivity index (χ0) is 11.6. The first-order chi connectivity index (χ1) is 7.55. The Labute approximate surface area is 95.7 Å². The van der Waals surface area contributed by atoms with Gasteiger partial charge in [0.25, 0.3) is 0 Å². The molecule has 0 spiro atoms. The lowest BCUT2D eigenvalue weighted by Crippen LogP contribution is -2.42. The number of halogens is 1. The molecule has 4 heteroatoms. The van der Waals surface area contributed by atoms with Crippen LogP contribution in [0.3, 0.4) is 0 Å². The maximum Gasteiger partial charge on any atom is 0.125 e. The summed E-state index contributed by atoms with van der Waals surface area (Å²) in [5, 5.41) is 0. The third kappa shape index (κ3) is 2.98. The van der Waals surface area contributed by atoms with Gasteiger partial charge in [0.1, 0.15) is 11.5 Å². The van der Waals surface area contributed by atoms with Crippen molar-refractivity contribution in [2.45, 2.75) is 38.9 Å². The van der Waals surface area contributed by atoms with E-state index in [1.54, 1.807) is 13.1 Å². The first-order valence-corrected chi connectivity index (χ1v) is 5.75. The summed E-state index contributed by atoms with van der Waals surface area (Å²) < 4.78 is 13.8. The van der Waals surface area contributed by atoms with Crippen molar-refractivity contribution >= 4 is 0 Å². The third-order valence-electron chi connectivity index (χ3n) is 2.94. The molecule has 0 saturated carbocycles. The van der Waals surface area contributed by atoms with Crippen LogP contribution in [-0.2, 0) is 6.54 Å². The van der Waals surface area contributed by atoms with Gasteiger partial charge in [-0.3, -0.25) is 4.90 Å². The summed E-state index contributed by atoms with van der Waals surface area (Å²) in [7, 11) is 0. The number of hydrogen-bond donors (Lipinski definition) is 0. The zero-order valence-corrected chi connectivity index (χ0v) is 9.91. The van der Waals surface area contributed by atoms with E-state index in [0.717, 1.165) is 31.0 Å². The molecule has 0 aromatic carbocycles. The van der Waals surface area contributed by atoms with E-state index in [2.05, 4.69) is 14.9 Å². The molecule has 0 amide bonds. The van der Waals surface area contributed by atoms with Crippen molar-refractivity contribution in [2.75, 3.05) is 13.1 Å². The summed E-state index contributed by atoms with van der Waals surface area (Å²) in [6, 6.07) is 1.90. The SMILES string of the molecule is Cc1nccc(CN2CCCC(C)(F)C2)n1. The van der Waals surface area contributed by atoms with E-state index in [1.807, 2.05) is 13.0 Å². The van der Waals surface area contributed by atoms with Crippen LogP contribution in [-0.4, -0.2) is 33.6 Å². The Kier molecular flexibility index (Phi) is 3.19. The fraction of sp³-hybridized carbons (Fsp3) is 0.667. The molecule has 3 nitrogen and oxygen atoms in total. The van der Waals surface area contributed by atoms with E-state index in [0.29, 0.717) is 13.0 Å². The van der Waals surface area contributed by atoms with Crippen molar-refractivity contribution in [1.29, 1.82) is 0 Å². The Morgan fingerprint density at radius 3 is 3.06 bits per heavy atom. The fourth-order valence-electron chi connectivity index (χ4n) is 2.25. The molecular formula is C12H18FN3. The summed E-state index contributed by atoms with van der Waals surface area (Å²) in [6.45, 7) is 5.75. The quantitative estimate of drug-likeness (QED) is 0.769. The topological polar surface area (TPSA) is 29.0 Å². The lowest BCUT2D eigenvalue weighted by molar-refractivity contribution is 0.0556. The lowest BCUT2D eigenvalue weighted by atomic mass is 9.97. The van der Waals surface area contributed by atoms with Crippen molar-refractivity contribution in [3.63, 3.8) is 0 Å². The smallest absolute Gasteiger partial charge is 0.125 e. The van der Waals surface area contributed by atoms with Gasteiger partial charge in [-0.2, -0.15) is 0 Å². The molecular weight excluding hydrogens is 205 g/mol. The standard InChI is InChI=1S/C12H18FN3/c1-10-14-6-4-11(15-10)8-16-7-3-5-12(2,13)9-16/h4,6H,3,5,7-9H2,1-2H3. The summed E-state index contributed by atoms with van der Waals surface area (Å²) >= 11 is 0. The van der Waals surface area contributed by atoms with E-state index in [-0.39, 0.29) is 0 Å². The van der Waals surface area contributed by atoms with Crippen LogP contribution < -0.4 is 0 Å². The normalized spacial score (nSPS) is 26.9. The van der Waals surface area contributed by atoms with Gasteiger partial charge in [0.15, 0.2) is 0 Å². The highest BCUT2D eigenvalue weighted by Crippen LogP contribution is 2.25. The summed E-state index contributed by atoms with van der Waals surface area (Å²) in [4.78, 5) is 10.5. The average molecular weight is 223 g/mol. The van der Waals surface area contributed by atoms with Crippen LogP contribution in [0.4, 0.5) is 4.39 Å². The average Bonchev–Trinajstić information content (AvgIpc) is 2.15. The van der Waals surface area contributed by atoms with Gasteiger partial charge < -0.3 is 0 Å². The molecule has 1 aromatic heterocycles. The Morgan fingerprint density at radius 2 is 2.38 bits per heavy atom. The van der Waals surface area contributed by atoms with Crippen LogP contribution in [0.15, 0.2) is 12.3 Å². The van der Waals surface area contributed by atoms with E-state index >= 15 is 0 Å². The van der Waals surface area contributed by atoms with Gasteiger partial charge in [-0.1, -0.05) is 0 Å². The van der Waals surface area contributed by atoms with Gasteiger partial charge >= 0.3 is 0 Å². The van der Waals surface area contributed by atoms with E-state index < -0.39 is 5.67 Å². The Bertz CT molecular complexity index is 365. The molecule has 1 fully saturated rings. The highest BCUT2D eigenvalue weighted by molar-refractivity contribution is 5.02. The van der Waals surface area contributed by atoms with E-state index in [4.69, 9.17) is 0 Å². The maximum atomic E-state index is 13.8. The van der Waals surface area contributed by atoms with Crippen molar-refractivity contribution in [2.24, 2.45) is 0 Å². The molecule has 1 aromatic rings. The second kappa shape index (κ2) is 4.45. The summed E-state index contributed by atoms with van der Waals surface area (Å²) in [5.41, 5.74) is -0.0643. The van der Waals surface area contributed by atoms with E-state index in [1.165, 1.54) is 0 Å². The second-order valence-electron chi connectivity index (χ2n) is 4.82. The van der Waals surface area contributed by atoms with Crippen LogP contribution in [0, 0.1) is 6.92 Å². The number of piperidine rings is 1. The minimum atomic E-state index is -1.04. The van der Waals surface area contributed by atoms with Crippen LogP contribution >= 0.6 is 0 Å². The molecule has 88 valence electrons. The van der Waals surface area contributed by atoms with Crippen LogP contribution in [0.2, 0.25) is 0 Å². The number of alkyl halides is 1. The fourth-order valence-corrected chi connectivity index (χ4v) is 2.25. The molecule has 1 unspecified atom stereocenters. The molecule has 16 heavy (non-hydrogen) atoms. The number of nitrogens with zero attached hydrogens (tertiary/aromatic N) is 3. The molecule has 1 saturated heterocycles. The molecule has 0 N–H and O–H groups in total. The lowest BCUT2D eigenvalue weighted by Gasteiger charge is -2.34. The highest BCUT2D eigenvalue weighted by Gasteiger charge is 2.30. The minimum Gasteiger partial charge on any atom is -0.294 e. The number of hydrogen-bond acceptors (Lipinski definition) is 3. The Balaban J connectivity index is 1.99. The molecule has 1 atom stereocenters. The molecule has 0 radical (unpaired) electrons. The van der Waals surface area contributed by atoms with Crippen molar-refractivity contribution in [3.05, 3.63) is 23.8 Å². The molecule has 2 rings (SSSR count). The van der Waals surface area contributed by atoms with Gasteiger partial charge in [-0.15, -0.1) is 0 Å². The third-order valence-corrected chi connectivity index (χ3v) is 2.94. The zero-order valence-electron chi connectivity index (χ0n) is 9.91. The van der Waals surface area contributed by atoms with Gasteiger partial charge in [0, 0.05) is 19.3 Å². The van der Waals surface area contributed by atoms with Crippen LogP contribution in [0.5, 0.6) is 0 Å². The molecule has 0 aliphatic carbocycles. The van der Waals surface area contributed by atoms with Crippen molar-refractivity contribution in [1.82, 2.24) is 14.9 Å². The van der Waals surface area contributed by atoms with E-state index in [9.17, 15) is 4.39 Å². The van der Waals surface area contributed by atoms with Gasteiger partial charge in [-0.25, -0.2) is 14.4 Å². The molecule has 1 aliphatic rings. The molecule has 2 heterocycles. The van der Waals surface area contributed by atoms with Crippen molar-refractivity contribution < 1.29 is 4.39 Å². The van der Waals surface area contributed by atoms with Gasteiger partial charge in [0.05, 0.1) is 5.69 Å². The molecule has 1 aliphatic heterocycles. The van der Waals surface area contributed by atoms with Crippen LogP contribution in [0.25, 0.3) is 0 Å². The first kappa shape index (κ1) is 11.5. The summed E-state index contributed by atoms with van der Waals surface area (Å²) in [6.07, 6.45) is 3.36. The Morgan fingerprint density at radius 1 is 1.56 bits per heavy atom.